The summed E-state index contributed by atoms with van der Waals surface area (Å²) in [5.74, 6) is 1.04. The second kappa shape index (κ2) is 4.50. The minimum Gasteiger partial charge on any atom is -0.497 e. The third-order valence-corrected chi connectivity index (χ3v) is 4.77. The van der Waals surface area contributed by atoms with Crippen molar-refractivity contribution in [2.75, 3.05) is 7.11 Å². The molecule has 0 N–H and O–H groups in total. The molecule has 0 saturated carbocycles. The molecule has 0 radical (unpaired) electrons. The predicted molar refractivity (Wildman–Crippen MR) is 67.0 cm³/mol. The number of sulfone groups is 1. The van der Waals surface area contributed by atoms with Crippen LogP contribution in [0.25, 0.3) is 0 Å². The van der Waals surface area contributed by atoms with Gasteiger partial charge in [-0.3, -0.25) is 0 Å². The largest absolute Gasteiger partial charge is 0.497 e. The van der Waals surface area contributed by atoms with E-state index in [0.29, 0.717) is 11.5 Å². The number of ether oxygens (including phenoxy) is 2. The van der Waals surface area contributed by atoms with E-state index < -0.39 is 9.84 Å². The summed E-state index contributed by atoms with van der Waals surface area (Å²) in [4.78, 5) is 3.67. The van der Waals surface area contributed by atoms with Gasteiger partial charge in [0.1, 0.15) is 15.3 Å². The maximum atomic E-state index is 11.6. The highest BCUT2D eigenvalue weighted by Crippen LogP contribution is 2.25. The predicted octanol–water partition coefficient (Wildman–Crippen LogP) is 2.05. The molecule has 1 heterocycles. The molecule has 0 aromatic heterocycles. The van der Waals surface area contributed by atoms with Crippen molar-refractivity contribution in [1.82, 2.24) is 0 Å². The van der Waals surface area contributed by atoms with E-state index in [1.54, 1.807) is 31.4 Å². The van der Waals surface area contributed by atoms with E-state index in [9.17, 15) is 8.42 Å². The molecule has 0 saturated heterocycles. The lowest BCUT2D eigenvalue weighted by atomic mass is 10.3. The fraction of sp³-hybridized carbons (Fsp3) is 0.100. The number of nitrogens with zero attached hydrogens (tertiary/aromatic N) is 1. The molecule has 0 atom stereocenters. The first-order chi connectivity index (χ1) is 8.04. The van der Waals surface area contributed by atoms with E-state index >= 15 is 0 Å². The topological polar surface area (TPSA) is 65.0 Å². The number of rotatable bonds is 2. The summed E-state index contributed by atoms with van der Waals surface area (Å²) in [6.45, 7) is 0. The summed E-state index contributed by atoms with van der Waals surface area (Å²) in [6, 6.07) is 6.53. The third kappa shape index (κ3) is 2.34. The van der Waals surface area contributed by atoms with E-state index in [2.05, 4.69) is 20.9 Å². The number of halogens is 1. The molecule has 7 heteroatoms. The van der Waals surface area contributed by atoms with Crippen molar-refractivity contribution in [3.05, 3.63) is 34.3 Å². The number of hydrogen-bond acceptors (Lipinski definition) is 5. The maximum absolute atomic E-state index is 11.6. The highest BCUT2D eigenvalue weighted by molar-refractivity contribution is 9.14. The second-order valence-corrected chi connectivity index (χ2v) is 6.28. The van der Waals surface area contributed by atoms with Gasteiger partial charge >= 0.3 is 5.23 Å². The highest BCUT2D eigenvalue weighted by atomic mass is 79.9. The summed E-state index contributed by atoms with van der Waals surface area (Å²) >= 11 is 2.89. The van der Waals surface area contributed by atoms with Gasteiger partial charge in [-0.15, -0.1) is 0 Å². The number of hydrogen-bond donors (Lipinski definition) is 0. The van der Waals surface area contributed by atoms with Gasteiger partial charge in [0.15, 0.2) is 0 Å². The van der Waals surface area contributed by atoms with Crippen LogP contribution in [-0.2, 0) is 9.84 Å². The van der Waals surface area contributed by atoms with Crippen LogP contribution in [0.5, 0.6) is 11.5 Å². The first-order valence-corrected chi connectivity index (χ1v) is 6.82. The molecule has 5 nitrogen and oxygen atoms in total. The molecule has 2 rings (SSSR count). The first-order valence-electron chi connectivity index (χ1n) is 4.54. The average Bonchev–Trinajstić information content (AvgIpc) is 2.57. The fourth-order valence-corrected chi connectivity index (χ4v) is 2.42. The lowest BCUT2D eigenvalue weighted by Crippen LogP contribution is -2.17. The van der Waals surface area contributed by atoms with Gasteiger partial charge in [-0.2, -0.15) is 0 Å². The Bertz CT molecular complexity index is 589. The Morgan fingerprint density at radius 2 is 1.76 bits per heavy atom. The number of benzene rings is 1. The van der Waals surface area contributed by atoms with Gasteiger partial charge < -0.3 is 9.47 Å². The maximum Gasteiger partial charge on any atom is 0.320 e. The van der Waals surface area contributed by atoms with Gasteiger partial charge in [-0.1, -0.05) is 0 Å². The van der Waals surface area contributed by atoms with Crippen molar-refractivity contribution < 1.29 is 17.9 Å². The van der Waals surface area contributed by atoms with Crippen molar-refractivity contribution in [1.29, 1.82) is 0 Å². The number of methoxy groups -OCH3 is 1. The SMILES string of the molecule is COc1ccc(OC2=NC=C(Br)S2(=O)=O)cc1. The standard InChI is InChI=1S/C10H8BrNO4S/c1-15-7-2-4-8(5-3-7)16-10-12-6-9(11)17(10,13)14/h2-6H,1H3. The molecule has 1 aromatic carbocycles. The fourth-order valence-electron chi connectivity index (χ4n) is 1.15. The molecular formula is C10H8BrNO4S. The molecule has 1 aliphatic rings. The lowest BCUT2D eigenvalue weighted by molar-refractivity contribution is 0.414. The Morgan fingerprint density at radius 1 is 1.18 bits per heavy atom. The van der Waals surface area contributed by atoms with E-state index in [-0.39, 0.29) is 9.04 Å². The van der Waals surface area contributed by atoms with E-state index in [1.807, 2.05) is 0 Å². The Kier molecular flexibility index (Phi) is 3.21. The highest BCUT2D eigenvalue weighted by Gasteiger charge is 2.30. The van der Waals surface area contributed by atoms with Crippen molar-refractivity contribution >= 4 is 31.0 Å². The zero-order valence-corrected chi connectivity index (χ0v) is 11.2. The van der Waals surface area contributed by atoms with Gasteiger partial charge in [-0.25, -0.2) is 13.4 Å². The number of aliphatic imine (C=N–C) groups is 1. The molecule has 1 aliphatic heterocycles. The van der Waals surface area contributed by atoms with Crippen LogP contribution in [0.4, 0.5) is 0 Å². The van der Waals surface area contributed by atoms with Crippen molar-refractivity contribution in [3.8, 4) is 11.5 Å². The smallest absolute Gasteiger partial charge is 0.320 e. The van der Waals surface area contributed by atoms with E-state index in [0.717, 1.165) is 0 Å². The van der Waals surface area contributed by atoms with Crippen molar-refractivity contribution in [2.24, 2.45) is 4.99 Å². The van der Waals surface area contributed by atoms with E-state index in [4.69, 9.17) is 9.47 Å². The monoisotopic (exact) mass is 317 g/mol. The summed E-state index contributed by atoms with van der Waals surface area (Å²) in [7, 11) is -2.06. The van der Waals surface area contributed by atoms with Gasteiger partial charge in [-0.05, 0) is 40.2 Å². The zero-order chi connectivity index (χ0) is 12.5. The van der Waals surface area contributed by atoms with Gasteiger partial charge in [0.25, 0.3) is 9.84 Å². The van der Waals surface area contributed by atoms with Crippen LogP contribution < -0.4 is 9.47 Å². The first kappa shape index (κ1) is 12.1. The van der Waals surface area contributed by atoms with Gasteiger partial charge in [0, 0.05) is 0 Å². The van der Waals surface area contributed by atoms with Crippen LogP contribution >= 0.6 is 15.9 Å². The molecular weight excluding hydrogens is 310 g/mol. The molecule has 17 heavy (non-hydrogen) atoms. The van der Waals surface area contributed by atoms with Crippen molar-refractivity contribution in [3.63, 3.8) is 0 Å². The van der Waals surface area contributed by atoms with Crippen LogP contribution in [0.2, 0.25) is 0 Å². The third-order valence-electron chi connectivity index (χ3n) is 2.02. The van der Waals surface area contributed by atoms with Crippen LogP contribution in [0.1, 0.15) is 0 Å². The molecule has 0 bridgehead atoms. The molecule has 0 aliphatic carbocycles. The van der Waals surface area contributed by atoms with Crippen LogP contribution in [0.3, 0.4) is 0 Å². The second-order valence-electron chi connectivity index (χ2n) is 3.11. The Balaban J connectivity index is 2.18. The van der Waals surface area contributed by atoms with Crippen LogP contribution in [-0.4, -0.2) is 20.8 Å². The average molecular weight is 318 g/mol. The lowest BCUT2D eigenvalue weighted by Gasteiger charge is -2.05. The summed E-state index contributed by atoms with van der Waals surface area (Å²) in [5.41, 5.74) is 0. The minimum atomic E-state index is -3.61. The molecule has 0 fully saturated rings. The zero-order valence-electron chi connectivity index (χ0n) is 8.75. The van der Waals surface area contributed by atoms with Crippen molar-refractivity contribution in [2.45, 2.75) is 0 Å². The molecule has 0 unspecified atom stereocenters. The normalized spacial score (nSPS) is 17.3. The van der Waals surface area contributed by atoms with Gasteiger partial charge in [0.2, 0.25) is 0 Å². The van der Waals surface area contributed by atoms with E-state index in [1.165, 1.54) is 6.20 Å². The Labute approximate surface area is 107 Å². The quantitative estimate of drug-likeness (QED) is 0.837. The Morgan fingerprint density at radius 3 is 2.24 bits per heavy atom. The summed E-state index contributed by atoms with van der Waals surface area (Å²) in [6.07, 6.45) is 1.19. The molecule has 90 valence electrons. The molecule has 1 aromatic rings. The summed E-state index contributed by atoms with van der Waals surface area (Å²) < 4.78 is 33.4. The Hall–Kier alpha value is -1.34. The minimum absolute atomic E-state index is 0.00601. The van der Waals surface area contributed by atoms with Crippen LogP contribution in [0.15, 0.2) is 39.3 Å². The molecule has 0 amide bonds. The summed E-state index contributed by atoms with van der Waals surface area (Å²) in [5, 5.41) is -0.338. The molecule has 0 spiro atoms. The van der Waals surface area contributed by atoms with Crippen LogP contribution in [0, 0.1) is 0 Å². The van der Waals surface area contributed by atoms with Gasteiger partial charge in [0.05, 0.1) is 13.3 Å².